The van der Waals surface area contributed by atoms with Crippen molar-refractivity contribution in [2.24, 2.45) is 0 Å². The summed E-state index contributed by atoms with van der Waals surface area (Å²) in [4.78, 5) is 17.3. The van der Waals surface area contributed by atoms with Crippen LogP contribution < -0.4 is 10.2 Å². The lowest BCUT2D eigenvalue weighted by Crippen LogP contribution is -2.46. The van der Waals surface area contributed by atoms with Crippen LogP contribution in [0.2, 0.25) is 5.02 Å². The fourth-order valence-corrected chi connectivity index (χ4v) is 2.84. The molecule has 0 bridgehead atoms. The van der Waals surface area contributed by atoms with E-state index in [2.05, 4.69) is 43.1 Å². The normalized spacial score (nSPS) is 15.7. The number of hydrogen-bond donors (Lipinski definition) is 1. The first kappa shape index (κ1) is 16.0. The molecular formula is C16H21ClN6. The quantitative estimate of drug-likeness (QED) is 0.906. The van der Waals surface area contributed by atoms with Gasteiger partial charge < -0.3 is 15.1 Å². The Bertz CT molecular complexity index is 642. The Morgan fingerprint density at radius 3 is 2.78 bits per heavy atom. The minimum atomic E-state index is 0.525. The number of aromatic nitrogens is 3. The third-order valence-electron chi connectivity index (χ3n) is 4.08. The smallest absolute Gasteiger partial charge is 0.148 e. The van der Waals surface area contributed by atoms with Gasteiger partial charge in [-0.2, -0.15) is 0 Å². The third-order valence-corrected chi connectivity index (χ3v) is 4.36. The van der Waals surface area contributed by atoms with Crippen LogP contribution in [0.15, 0.2) is 30.9 Å². The maximum Gasteiger partial charge on any atom is 0.148 e. The lowest BCUT2D eigenvalue weighted by atomic mass is 10.2. The summed E-state index contributed by atoms with van der Waals surface area (Å²) >= 11 is 6.06. The van der Waals surface area contributed by atoms with Crippen LogP contribution in [0.4, 0.5) is 11.6 Å². The summed E-state index contributed by atoms with van der Waals surface area (Å²) in [5.74, 6) is 1.69. The second kappa shape index (κ2) is 7.57. The van der Waals surface area contributed by atoms with E-state index in [1.165, 1.54) is 6.33 Å². The molecule has 0 unspecified atom stereocenters. The molecule has 1 fully saturated rings. The Balaban J connectivity index is 1.63. The molecule has 122 valence electrons. The zero-order valence-corrected chi connectivity index (χ0v) is 14.0. The monoisotopic (exact) mass is 332 g/mol. The maximum absolute atomic E-state index is 6.06. The largest absolute Gasteiger partial charge is 0.365 e. The molecule has 0 amide bonds. The van der Waals surface area contributed by atoms with Crippen LogP contribution >= 0.6 is 11.6 Å². The third kappa shape index (κ3) is 4.09. The molecule has 23 heavy (non-hydrogen) atoms. The van der Waals surface area contributed by atoms with Crippen molar-refractivity contribution in [3.63, 3.8) is 0 Å². The van der Waals surface area contributed by atoms with Crippen LogP contribution in [0.25, 0.3) is 0 Å². The molecule has 0 spiro atoms. The SMILES string of the molecule is CCN1CCN(c2cc(CNc3ncncc3Cl)ccn2)CC1. The Labute approximate surface area is 141 Å². The van der Waals surface area contributed by atoms with E-state index in [1.54, 1.807) is 6.20 Å². The Morgan fingerprint density at radius 1 is 1.22 bits per heavy atom. The van der Waals surface area contributed by atoms with Crippen LogP contribution in [0.1, 0.15) is 12.5 Å². The molecular weight excluding hydrogens is 312 g/mol. The Hall–Kier alpha value is -1.92. The van der Waals surface area contributed by atoms with E-state index in [-0.39, 0.29) is 0 Å². The summed E-state index contributed by atoms with van der Waals surface area (Å²) < 4.78 is 0. The first-order chi connectivity index (χ1) is 11.3. The molecule has 1 saturated heterocycles. The molecule has 1 aliphatic heterocycles. The highest BCUT2D eigenvalue weighted by molar-refractivity contribution is 6.32. The molecule has 6 nitrogen and oxygen atoms in total. The van der Waals surface area contributed by atoms with Crippen molar-refractivity contribution in [2.45, 2.75) is 13.5 Å². The Morgan fingerprint density at radius 2 is 2.04 bits per heavy atom. The van der Waals surface area contributed by atoms with Gasteiger partial charge in [0.05, 0.1) is 6.20 Å². The minimum absolute atomic E-state index is 0.525. The first-order valence-corrected chi connectivity index (χ1v) is 8.25. The van der Waals surface area contributed by atoms with Gasteiger partial charge in [0.25, 0.3) is 0 Å². The number of rotatable bonds is 5. The topological polar surface area (TPSA) is 57.2 Å². The lowest BCUT2D eigenvalue weighted by molar-refractivity contribution is 0.270. The summed E-state index contributed by atoms with van der Waals surface area (Å²) in [5, 5.41) is 3.76. The number of likely N-dealkylation sites (N-methyl/N-ethyl adjacent to an activating group) is 1. The van der Waals surface area contributed by atoms with E-state index in [4.69, 9.17) is 11.6 Å². The van der Waals surface area contributed by atoms with Crippen molar-refractivity contribution in [3.05, 3.63) is 41.4 Å². The van der Waals surface area contributed by atoms with Gasteiger partial charge in [0, 0.05) is 38.9 Å². The summed E-state index contributed by atoms with van der Waals surface area (Å²) in [6.07, 6.45) is 4.93. The van der Waals surface area contributed by atoms with Crippen molar-refractivity contribution in [2.75, 3.05) is 42.9 Å². The van der Waals surface area contributed by atoms with Gasteiger partial charge in [0.2, 0.25) is 0 Å². The van der Waals surface area contributed by atoms with Gasteiger partial charge in [-0.15, -0.1) is 0 Å². The van der Waals surface area contributed by atoms with Crippen LogP contribution in [0.3, 0.4) is 0 Å². The molecule has 0 atom stereocenters. The first-order valence-electron chi connectivity index (χ1n) is 7.88. The molecule has 2 aromatic heterocycles. The molecule has 0 aromatic carbocycles. The summed E-state index contributed by atoms with van der Waals surface area (Å²) in [6.45, 7) is 8.21. The van der Waals surface area contributed by atoms with Crippen molar-refractivity contribution < 1.29 is 0 Å². The zero-order valence-electron chi connectivity index (χ0n) is 13.2. The number of nitrogens with zero attached hydrogens (tertiary/aromatic N) is 5. The van der Waals surface area contributed by atoms with Gasteiger partial charge in [0.1, 0.15) is 23.0 Å². The molecule has 3 rings (SSSR count). The van der Waals surface area contributed by atoms with Gasteiger partial charge in [-0.05, 0) is 24.2 Å². The highest BCUT2D eigenvalue weighted by Crippen LogP contribution is 2.19. The van der Waals surface area contributed by atoms with Crippen molar-refractivity contribution in [3.8, 4) is 0 Å². The molecule has 7 heteroatoms. The number of hydrogen-bond acceptors (Lipinski definition) is 6. The van der Waals surface area contributed by atoms with Crippen LogP contribution in [-0.4, -0.2) is 52.6 Å². The Kier molecular flexibility index (Phi) is 5.25. The van der Waals surface area contributed by atoms with Gasteiger partial charge in [-0.3, -0.25) is 0 Å². The molecule has 1 aliphatic rings. The van der Waals surface area contributed by atoms with Gasteiger partial charge >= 0.3 is 0 Å². The predicted octanol–water partition coefficient (Wildman–Crippen LogP) is 2.28. The summed E-state index contributed by atoms with van der Waals surface area (Å²) in [7, 11) is 0. The van der Waals surface area contributed by atoms with E-state index < -0.39 is 0 Å². The van der Waals surface area contributed by atoms with Crippen molar-refractivity contribution >= 4 is 23.2 Å². The highest BCUT2D eigenvalue weighted by atomic mass is 35.5. The number of piperazine rings is 1. The molecule has 0 aliphatic carbocycles. The van der Waals surface area contributed by atoms with E-state index in [1.807, 2.05) is 12.3 Å². The molecule has 0 saturated carbocycles. The number of pyridine rings is 1. The van der Waals surface area contributed by atoms with E-state index >= 15 is 0 Å². The number of nitrogens with one attached hydrogen (secondary N) is 1. The molecule has 2 aromatic rings. The van der Waals surface area contributed by atoms with Crippen molar-refractivity contribution in [1.82, 2.24) is 19.9 Å². The molecule has 0 radical (unpaired) electrons. The second-order valence-electron chi connectivity index (χ2n) is 5.52. The fourth-order valence-electron chi connectivity index (χ4n) is 2.67. The average Bonchev–Trinajstić information content (AvgIpc) is 2.61. The van der Waals surface area contributed by atoms with Gasteiger partial charge in [-0.1, -0.05) is 18.5 Å². The lowest BCUT2D eigenvalue weighted by Gasteiger charge is -2.34. The van der Waals surface area contributed by atoms with Gasteiger partial charge in [-0.25, -0.2) is 15.0 Å². The zero-order chi connectivity index (χ0) is 16.1. The predicted molar refractivity (Wildman–Crippen MR) is 92.9 cm³/mol. The standard InChI is InChI=1S/C16H21ClN6/c1-2-22-5-7-23(8-6-22)15-9-13(3-4-19-15)10-20-16-14(17)11-18-12-21-16/h3-4,9,11-12H,2,5-8,10H2,1H3,(H,18,20,21). The van der Waals surface area contributed by atoms with E-state index in [0.29, 0.717) is 17.4 Å². The number of anilines is 2. The highest BCUT2D eigenvalue weighted by Gasteiger charge is 2.16. The summed E-state index contributed by atoms with van der Waals surface area (Å²) in [6, 6.07) is 4.14. The average molecular weight is 333 g/mol. The molecule has 3 heterocycles. The molecule has 1 N–H and O–H groups in total. The fraction of sp³-hybridized carbons (Fsp3) is 0.438. The minimum Gasteiger partial charge on any atom is -0.365 e. The number of halogens is 1. The van der Waals surface area contributed by atoms with E-state index in [9.17, 15) is 0 Å². The van der Waals surface area contributed by atoms with E-state index in [0.717, 1.165) is 44.1 Å². The second-order valence-corrected chi connectivity index (χ2v) is 5.92. The van der Waals surface area contributed by atoms with Crippen LogP contribution in [0, 0.1) is 0 Å². The van der Waals surface area contributed by atoms with Crippen molar-refractivity contribution in [1.29, 1.82) is 0 Å². The maximum atomic E-state index is 6.06. The summed E-state index contributed by atoms with van der Waals surface area (Å²) in [5.41, 5.74) is 1.16. The van der Waals surface area contributed by atoms with Crippen LogP contribution in [0.5, 0.6) is 0 Å². The van der Waals surface area contributed by atoms with Crippen LogP contribution in [-0.2, 0) is 6.54 Å². The van der Waals surface area contributed by atoms with Gasteiger partial charge in [0.15, 0.2) is 0 Å².